The van der Waals surface area contributed by atoms with Gasteiger partial charge in [0, 0.05) is 0 Å². The van der Waals surface area contributed by atoms with Gasteiger partial charge in [0.15, 0.2) is 0 Å². The van der Waals surface area contributed by atoms with Crippen LogP contribution < -0.4 is 83.9 Å². The molecule has 0 aliphatic heterocycles. The Balaban J connectivity index is -0.0000000133. The van der Waals surface area contributed by atoms with Crippen molar-refractivity contribution in [1.29, 1.82) is 0 Å². The molecule has 0 unspecified atom stereocenters. The van der Waals surface area contributed by atoms with Crippen molar-refractivity contribution in [1.82, 2.24) is 0 Å². The second-order valence-corrected chi connectivity index (χ2v) is 16.1. The van der Waals surface area contributed by atoms with Crippen molar-refractivity contribution in [2.45, 2.75) is 0 Å². The predicted molar refractivity (Wildman–Crippen MR) is 23.4 cm³/mol. The molecule has 0 radical (unpaired) electrons. The summed E-state index contributed by atoms with van der Waals surface area (Å²) in [6, 6.07) is 0. The van der Waals surface area contributed by atoms with Crippen LogP contribution in [0.4, 0.5) is 0 Å². The summed E-state index contributed by atoms with van der Waals surface area (Å²) in [7, 11) is 17.0. The van der Waals surface area contributed by atoms with E-state index in [1.54, 1.807) is 0 Å². The summed E-state index contributed by atoms with van der Waals surface area (Å²) >= 11 is 0. The van der Waals surface area contributed by atoms with Gasteiger partial charge in [0.05, 0.1) is 0 Å². The van der Waals surface area contributed by atoms with E-state index >= 15 is 0 Å². The molecule has 0 amide bonds. The van der Waals surface area contributed by atoms with E-state index in [-0.39, 0.29) is 83.9 Å². The quantitative estimate of drug-likeness (QED) is 0.377. The second kappa shape index (κ2) is 14.9. The van der Waals surface area contributed by atoms with Gasteiger partial charge in [0.1, 0.15) is 0 Å². The Labute approximate surface area is 130 Å². The summed E-state index contributed by atoms with van der Waals surface area (Å²) in [5.74, 6) is 0. The summed E-state index contributed by atoms with van der Waals surface area (Å²) in [5, 5.41) is 0. The Hall–Kier alpha value is 4.36. The molecule has 0 aromatic rings. The van der Waals surface area contributed by atoms with Gasteiger partial charge in [-0.15, -0.1) is 0 Å². The molecule has 0 atom stereocenters. The van der Waals surface area contributed by atoms with Crippen molar-refractivity contribution < 1.29 is 94.7 Å². The summed E-state index contributed by atoms with van der Waals surface area (Å²) < 4.78 is 0. The summed E-state index contributed by atoms with van der Waals surface area (Å²) in [6.07, 6.45) is 0. The van der Waals surface area contributed by atoms with Gasteiger partial charge < -0.3 is 24.8 Å². The minimum Gasteiger partial charge on any atom is 1.00 e. The molecule has 0 bridgehead atoms. The SMILES string of the molecule is [Cl-].[Cl-].[Cl][Ru]([Cl])([Cl])[Cl].[Na+].[Na+]. The summed E-state index contributed by atoms with van der Waals surface area (Å²) in [4.78, 5) is 0. The Bertz CT molecular complexity index is 26.5. The fourth-order valence-electron chi connectivity index (χ4n) is 0. The number of hydrogen-bond donors (Lipinski definition) is 0. The van der Waals surface area contributed by atoms with Gasteiger partial charge >= 0.3 is 109 Å². The summed E-state index contributed by atoms with van der Waals surface area (Å²) in [6.45, 7) is 0. The van der Waals surface area contributed by atoms with Crippen LogP contribution in [0, 0.1) is 0 Å². The van der Waals surface area contributed by atoms with E-state index in [1.807, 2.05) is 0 Å². The second-order valence-electron chi connectivity index (χ2n) is 0.303. The zero-order chi connectivity index (χ0) is 4.50. The van der Waals surface area contributed by atoms with Crippen LogP contribution >= 0.6 is 38.8 Å². The molecule has 0 nitrogen and oxygen atoms in total. The Kier molecular flexibility index (Phi) is 48.2. The van der Waals surface area contributed by atoms with E-state index in [2.05, 4.69) is 0 Å². The maximum atomic E-state index is 5.00. The van der Waals surface area contributed by atoms with Gasteiger partial charge in [0.2, 0.25) is 0 Å². The minimum absolute atomic E-state index is 0. The smallest absolute Gasteiger partial charge is 1.00 e. The van der Waals surface area contributed by atoms with E-state index in [4.69, 9.17) is 38.8 Å². The molecule has 0 N–H and O–H groups in total. The van der Waals surface area contributed by atoms with Crippen molar-refractivity contribution in [3.05, 3.63) is 0 Å². The van der Waals surface area contributed by atoms with Crippen LogP contribution in [0.3, 0.4) is 0 Å². The third kappa shape index (κ3) is 69.7. The van der Waals surface area contributed by atoms with E-state index in [0.717, 1.165) is 0 Å². The first-order chi connectivity index (χ1) is 2.00. The molecule has 0 fully saturated rings. The van der Waals surface area contributed by atoms with Crippen molar-refractivity contribution in [2.75, 3.05) is 0 Å². The molecular formula is Cl6Na2Ru. The first kappa shape index (κ1) is 29.2. The molecule has 0 aliphatic carbocycles. The number of hydrogen-bond acceptors (Lipinski definition) is 0. The van der Waals surface area contributed by atoms with E-state index in [0.29, 0.717) is 0 Å². The number of rotatable bonds is 0. The topological polar surface area (TPSA) is 0 Å². The molecule has 9 heavy (non-hydrogen) atoms. The number of halogens is 6. The third-order valence-electron chi connectivity index (χ3n) is 0. The Morgan fingerprint density at radius 3 is 0.667 bits per heavy atom. The van der Waals surface area contributed by atoms with Gasteiger partial charge in [-0.05, 0) is 0 Å². The molecular weight excluding hydrogens is 360 g/mol. The third-order valence-corrected chi connectivity index (χ3v) is 0. The van der Waals surface area contributed by atoms with Crippen molar-refractivity contribution >= 4 is 38.8 Å². The van der Waals surface area contributed by atoms with E-state index in [9.17, 15) is 0 Å². The van der Waals surface area contributed by atoms with Crippen LogP contribution in [0.25, 0.3) is 0 Å². The zero-order valence-corrected chi connectivity index (χ0v) is 14.9. The van der Waals surface area contributed by atoms with Crippen molar-refractivity contribution in [3.63, 3.8) is 0 Å². The molecule has 0 aliphatic rings. The Morgan fingerprint density at radius 1 is 0.667 bits per heavy atom. The van der Waals surface area contributed by atoms with Crippen LogP contribution in [0.15, 0.2) is 0 Å². The monoisotopic (exact) mass is 358 g/mol. The van der Waals surface area contributed by atoms with Gasteiger partial charge in [0.25, 0.3) is 0 Å². The van der Waals surface area contributed by atoms with Gasteiger partial charge in [-0.3, -0.25) is 0 Å². The van der Waals surface area contributed by atoms with Crippen molar-refractivity contribution in [2.24, 2.45) is 0 Å². The first-order valence-electron chi connectivity index (χ1n) is 0.535. The van der Waals surface area contributed by atoms with Crippen LogP contribution in [-0.4, -0.2) is 0 Å². The Morgan fingerprint density at radius 2 is 0.667 bits per heavy atom. The molecule has 0 heterocycles. The van der Waals surface area contributed by atoms with Gasteiger partial charge in [-0.1, -0.05) is 0 Å². The van der Waals surface area contributed by atoms with Crippen LogP contribution in [0.1, 0.15) is 0 Å². The standard InChI is InChI=1S/6ClH.2Na.Ru/h6*1H;;;/q;;;;;;2*+1;+4/p-6. The zero-order valence-electron chi connectivity index (χ0n) is 4.62. The fourth-order valence-corrected chi connectivity index (χ4v) is 0. The van der Waals surface area contributed by atoms with Crippen LogP contribution in [0.5, 0.6) is 0 Å². The maximum absolute atomic E-state index is 5.00. The van der Waals surface area contributed by atoms with Crippen LogP contribution in [-0.2, 0) is 10.8 Å². The van der Waals surface area contributed by atoms with E-state index < -0.39 is 10.8 Å². The molecule has 0 aromatic heterocycles. The fraction of sp³-hybridized carbons (Fsp3) is 0. The normalized spacial score (nSPS) is 8.44. The molecule has 0 aromatic carbocycles. The molecule has 0 rings (SSSR count). The van der Waals surface area contributed by atoms with Crippen molar-refractivity contribution in [3.8, 4) is 0 Å². The summed E-state index contributed by atoms with van der Waals surface area (Å²) in [5.41, 5.74) is 0. The minimum atomic E-state index is -2.97. The molecule has 0 saturated heterocycles. The molecule has 0 saturated carbocycles. The largest absolute Gasteiger partial charge is 1.00 e. The molecule has 9 heteroatoms. The molecule has 52 valence electrons. The first-order valence-corrected chi connectivity index (χ1v) is 9.49. The molecule has 0 spiro atoms. The van der Waals surface area contributed by atoms with Gasteiger partial charge in [-0.25, -0.2) is 0 Å². The van der Waals surface area contributed by atoms with Gasteiger partial charge in [-0.2, -0.15) is 0 Å². The average Bonchev–Trinajstić information content (AvgIpc) is 0.722. The maximum Gasteiger partial charge on any atom is 1.00 e. The van der Waals surface area contributed by atoms with E-state index in [1.165, 1.54) is 0 Å². The average molecular weight is 360 g/mol. The van der Waals surface area contributed by atoms with Crippen LogP contribution in [0.2, 0.25) is 0 Å². The predicted octanol–water partition coefficient (Wildman–Crippen LogP) is -9.23.